The zero-order valence-electron chi connectivity index (χ0n) is 15.4. The lowest BCUT2D eigenvalue weighted by molar-refractivity contribution is -0.112. The second-order valence-corrected chi connectivity index (χ2v) is 6.39. The van der Waals surface area contributed by atoms with E-state index in [0.717, 1.165) is 23.1 Å². The fourth-order valence-electron chi connectivity index (χ4n) is 3.31. The molecule has 0 unspecified atom stereocenters. The molecule has 3 aromatic rings. The first kappa shape index (κ1) is 18.6. The first-order chi connectivity index (χ1) is 14.0. The highest BCUT2D eigenvalue weighted by atomic mass is 19.1. The number of hydrogen-bond donors (Lipinski definition) is 0. The molecule has 0 aliphatic carbocycles. The molecule has 0 saturated heterocycles. The minimum atomic E-state index is -0.676. The second kappa shape index (κ2) is 7.31. The number of fused-ring (bicyclic) bond motifs is 1. The molecule has 0 aromatic heterocycles. The topological polar surface area (TPSA) is 46.6 Å². The van der Waals surface area contributed by atoms with Crippen LogP contribution in [0.2, 0.25) is 0 Å². The molecule has 29 heavy (non-hydrogen) atoms. The lowest BCUT2D eigenvalue weighted by atomic mass is 9.91. The Kier molecular flexibility index (Phi) is 4.68. The smallest absolute Gasteiger partial charge is 0.266 e. The highest BCUT2D eigenvalue weighted by molar-refractivity contribution is 6.43. The Bertz CT molecular complexity index is 1170. The average Bonchev–Trinajstić information content (AvgIpc) is 2.74. The number of hydrogen-bond acceptors (Lipinski definition) is 3. The Morgan fingerprint density at radius 1 is 0.862 bits per heavy atom. The van der Waals surface area contributed by atoms with Crippen LogP contribution in [-0.4, -0.2) is 18.9 Å². The van der Waals surface area contributed by atoms with Gasteiger partial charge in [-0.25, -0.2) is 13.7 Å². The van der Waals surface area contributed by atoms with Crippen molar-refractivity contribution in [2.24, 2.45) is 0 Å². The van der Waals surface area contributed by atoms with E-state index >= 15 is 0 Å². The van der Waals surface area contributed by atoms with E-state index in [9.17, 15) is 18.4 Å². The number of halogens is 2. The Labute approximate surface area is 165 Å². The van der Waals surface area contributed by atoms with Crippen molar-refractivity contribution < 1.29 is 23.1 Å². The highest BCUT2D eigenvalue weighted by Gasteiger charge is 2.37. The summed E-state index contributed by atoms with van der Waals surface area (Å²) in [4.78, 5) is 27.4. The summed E-state index contributed by atoms with van der Waals surface area (Å²) in [5, 5.41) is 0. The van der Waals surface area contributed by atoms with Crippen LogP contribution in [0, 0.1) is 11.6 Å². The Balaban J connectivity index is 1.95. The van der Waals surface area contributed by atoms with Gasteiger partial charge in [-0.05, 0) is 48.0 Å². The van der Waals surface area contributed by atoms with Gasteiger partial charge in [0.2, 0.25) is 0 Å². The van der Waals surface area contributed by atoms with Crippen molar-refractivity contribution in [2.75, 3.05) is 12.0 Å². The van der Waals surface area contributed by atoms with E-state index in [0.29, 0.717) is 11.3 Å². The molecule has 2 amide bonds. The largest absolute Gasteiger partial charge is 0.495 e. The number of carbonyl (C=O) groups excluding carboxylic acids is 2. The van der Waals surface area contributed by atoms with E-state index in [1.165, 1.54) is 13.2 Å². The Morgan fingerprint density at radius 2 is 1.55 bits per heavy atom. The van der Waals surface area contributed by atoms with Crippen molar-refractivity contribution in [2.45, 2.75) is 0 Å². The summed E-state index contributed by atoms with van der Waals surface area (Å²) < 4.78 is 33.2. The van der Waals surface area contributed by atoms with Gasteiger partial charge in [0.15, 0.2) is 0 Å². The van der Waals surface area contributed by atoms with Gasteiger partial charge in [0.05, 0.1) is 12.8 Å². The molecule has 0 fully saturated rings. The van der Waals surface area contributed by atoms with Gasteiger partial charge in [-0.3, -0.25) is 9.59 Å². The Morgan fingerprint density at radius 3 is 2.31 bits per heavy atom. The summed E-state index contributed by atoms with van der Waals surface area (Å²) >= 11 is 0. The average molecular weight is 391 g/mol. The van der Waals surface area contributed by atoms with Gasteiger partial charge < -0.3 is 4.74 Å². The molecule has 4 rings (SSSR count). The van der Waals surface area contributed by atoms with Crippen molar-refractivity contribution >= 4 is 29.2 Å². The van der Waals surface area contributed by atoms with Gasteiger partial charge in [-0.15, -0.1) is 0 Å². The van der Waals surface area contributed by atoms with Crippen LogP contribution in [0.5, 0.6) is 5.75 Å². The number of benzene rings is 3. The van der Waals surface area contributed by atoms with E-state index in [-0.39, 0.29) is 22.4 Å². The number of methoxy groups -OCH3 is 1. The van der Waals surface area contributed by atoms with Gasteiger partial charge in [0.1, 0.15) is 17.4 Å². The molecule has 144 valence electrons. The van der Waals surface area contributed by atoms with Crippen LogP contribution in [0.3, 0.4) is 0 Å². The number of imide groups is 1. The summed E-state index contributed by atoms with van der Waals surface area (Å²) in [6.07, 6.45) is 1.26. The van der Waals surface area contributed by atoms with E-state index in [1.54, 1.807) is 48.5 Å². The normalized spacial score (nSPS) is 14.9. The molecule has 0 N–H and O–H groups in total. The maximum Gasteiger partial charge on any atom is 0.266 e. The third kappa shape index (κ3) is 3.18. The molecule has 3 aromatic carbocycles. The zero-order valence-corrected chi connectivity index (χ0v) is 15.4. The SMILES string of the molecule is COc1ccccc1N1C(=O)/C(=C\c2cc(F)ccc2F)c2ccccc2C1=O. The molecule has 0 radical (unpaired) electrons. The number of amides is 2. The second-order valence-electron chi connectivity index (χ2n) is 6.39. The number of ether oxygens (including phenoxy) is 1. The third-order valence-electron chi connectivity index (χ3n) is 4.67. The number of rotatable bonds is 3. The summed E-state index contributed by atoms with van der Waals surface area (Å²) in [6, 6.07) is 16.1. The monoisotopic (exact) mass is 391 g/mol. The molecular weight excluding hydrogens is 376 g/mol. The maximum absolute atomic E-state index is 14.2. The van der Waals surface area contributed by atoms with Crippen LogP contribution in [-0.2, 0) is 4.79 Å². The predicted molar refractivity (Wildman–Crippen MR) is 105 cm³/mol. The number of carbonyl (C=O) groups is 2. The van der Waals surface area contributed by atoms with E-state index < -0.39 is 23.4 Å². The van der Waals surface area contributed by atoms with Crippen LogP contribution in [0.15, 0.2) is 66.7 Å². The Hall–Kier alpha value is -3.80. The van der Waals surface area contributed by atoms with Gasteiger partial charge >= 0.3 is 0 Å². The minimum Gasteiger partial charge on any atom is -0.495 e. The van der Waals surface area contributed by atoms with E-state index in [4.69, 9.17) is 4.74 Å². The van der Waals surface area contributed by atoms with Crippen molar-refractivity contribution in [3.8, 4) is 5.75 Å². The summed E-state index contributed by atoms with van der Waals surface area (Å²) in [5.74, 6) is -2.14. The summed E-state index contributed by atoms with van der Waals surface area (Å²) in [6.45, 7) is 0. The molecule has 1 aliphatic rings. The molecule has 6 heteroatoms. The minimum absolute atomic E-state index is 0.0793. The van der Waals surface area contributed by atoms with Crippen molar-refractivity contribution in [1.29, 1.82) is 0 Å². The highest BCUT2D eigenvalue weighted by Crippen LogP contribution is 2.37. The van der Waals surface area contributed by atoms with Gasteiger partial charge in [-0.1, -0.05) is 30.3 Å². The molecule has 0 spiro atoms. The standard InChI is InChI=1S/C23H15F2NO3/c1-29-21-9-5-4-8-20(21)26-22(27)17-7-3-2-6-16(17)18(23(26)28)13-14-12-15(24)10-11-19(14)25/h2-13H,1H3/b18-13-. The van der Waals surface area contributed by atoms with E-state index in [2.05, 4.69) is 0 Å². The van der Waals surface area contributed by atoms with Crippen LogP contribution in [0.25, 0.3) is 11.6 Å². The zero-order chi connectivity index (χ0) is 20.5. The first-order valence-corrected chi connectivity index (χ1v) is 8.79. The molecule has 0 bridgehead atoms. The summed E-state index contributed by atoms with van der Waals surface area (Å²) in [7, 11) is 1.44. The van der Waals surface area contributed by atoms with Crippen LogP contribution >= 0.6 is 0 Å². The first-order valence-electron chi connectivity index (χ1n) is 8.79. The van der Waals surface area contributed by atoms with Crippen molar-refractivity contribution in [1.82, 2.24) is 0 Å². The molecular formula is C23H15F2NO3. The van der Waals surface area contributed by atoms with Crippen molar-refractivity contribution in [3.63, 3.8) is 0 Å². The van der Waals surface area contributed by atoms with Gasteiger partial charge in [0, 0.05) is 16.7 Å². The number of nitrogens with zero attached hydrogens (tertiary/aromatic N) is 1. The fourth-order valence-corrected chi connectivity index (χ4v) is 3.31. The van der Waals surface area contributed by atoms with Crippen molar-refractivity contribution in [3.05, 3.63) is 95.1 Å². The van der Waals surface area contributed by atoms with E-state index in [1.807, 2.05) is 0 Å². The number of para-hydroxylation sites is 2. The van der Waals surface area contributed by atoms with Crippen LogP contribution in [0.4, 0.5) is 14.5 Å². The molecule has 0 saturated carbocycles. The lowest BCUT2D eigenvalue weighted by Gasteiger charge is -2.29. The lowest BCUT2D eigenvalue weighted by Crippen LogP contribution is -2.42. The molecule has 4 nitrogen and oxygen atoms in total. The maximum atomic E-state index is 14.2. The van der Waals surface area contributed by atoms with Crippen LogP contribution < -0.4 is 9.64 Å². The van der Waals surface area contributed by atoms with Gasteiger partial charge in [-0.2, -0.15) is 0 Å². The fraction of sp³-hybridized carbons (Fsp3) is 0.0435. The third-order valence-corrected chi connectivity index (χ3v) is 4.67. The molecule has 0 atom stereocenters. The van der Waals surface area contributed by atoms with Gasteiger partial charge in [0.25, 0.3) is 11.8 Å². The predicted octanol–water partition coefficient (Wildman–Crippen LogP) is 4.70. The molecule has 1 aliphatic heterocycles. The number of anilines is 1. The van der Waals surface area contributed by atoms with Crippen LogP contribution in [0.1, 0.15) is 21.5 Å². The quantitative estimate of drug-likeness (QED) is 0.480. The molecule has 1 heterocycles. The summed E-state index contributed by atoms with van der Waals surface area (Å²) in [5.41, 5.74) is 0.900.